The van der Waals surface area contributed by atoms with E-state index in [2.05, 4.69) is 20.1 Å². The van der Waals surface area contributed by atoms with Crippen molar-refractivity contribution in [3.63, 3.8) is 0 Å². The second kappa shape index (κ2) is 6.28. The van der Waals surface area contributed by atoms with Gasteiger partial charge in [-0.05, 0) is 58.0 Å². The van der Waals surface area contributed by atoms with Gasteiger partial charge in [0.15, 0.2) is 0 Å². The van der Waals surface area contributed by atoms with Crippen LogP contribution in [0.5, 0.6) is 0 Å². The maximum absolute atomic E-state index is 12.3. The summed E-state index contributed by atoms with van der Waals surface area (Å²) in [7, 11) is 0. The van der Waals surface area contributed by atoms with E-state index in [0.29, 0.717) is 12.1 Å². The van der Waals surface area contributed by atoms with Crippen molar-refractivity contribution in [2.45, 2.75) is 69.5 Å². The minimum absolute atomic E-state index is 0.0576. The van der Waals surface area contributed by atoms with E-state index in [1.54, 1.807) is 0 Å². The molecule has 1 saturated carbocycles. The van der Waals surface area contributed by atoms with Crippen LogP contribution in [0.25, 0.3) is 0 Å². The van der Waals surface area contributed by atoms with E-state index in [1.165, 1.54) is 31.4 Å². The van der Waals surface area contributed by atoms with Gasteiger partial charge in [0.1, 0.15) is 0 Å². The number of likely N-dealkylation sites (tertiary alicyclic amines) is 1. The van der Waals surface area contributed by atoms with Crippen LogP contribution in [-0.2, 0) is 0 Å². The molecule has 0 unspecified atom stereocenters. The second-order valence-corrected chi connectivity index (χ2v) is 7.30. The van der Waals surface area contributed by atoms with Crippen LogP contribution >= 0.6 is 0 Å². The lowest BCUT2D eigenvalue weighted by Crippen LogP contribution is -2.53. The minimum Gasteiger partial charge on any atom is -0.317 e. The van der Waals surface area contributed by atoms with Gasteiger partial charge in [0.05, 0.1) is 6.04 Å². The molecular formula is C17H28N4O. The summed E-state index contributed by atoms with van der Waals surface area (Å²) in [5, 5.41) is 3.45. The molecule has 3 fully saturated rings. The van der Waals surface area contributed by atoms with Gasteiger partial charge >= 0.3 is 6.03 Å². The van der Waals surface area contributed by atoms with E-state index >= 15 is 0 Å². The molecule has 0 aromatic carbocycles. The molecule has 1 atom stereocenters. The molecule has 5 nitrogen and oxygen atoms in total. The number of rotatable bonds is 2. The van der Waals surface area contributed by atoms with Gasteiger partial charge in [-0.15, -0.1) is 0 Å². The Morgan fingerprint density at radius 3 is 2.50 bits per heavy atom. The number of piperidine rings is 2. The monoisotopic (exact) mass is 304 g/mol. The number of nitrogens with one attached hydrogen (secondary N) is 1. The van der Waals surface area contributed by atoms with Crippen molar-refractivity contribution in [1.29, 1.82) is 0 Å². The van der Waals surface area contributed by atoms with E-state index in [1.807, 2.05) is 0 Å². The molecule has 0 aromatic rings. The first-order valence-electron chi connectivity index (χ1n) is 9.17. The van der Waals surface area contributed by atoms with Crippen LogP contribution in [0, 0.1) is 0 Å². The number of hydrogen-bond acceptors (Lipinski definition) is 3. The number of carbonyl (C=O) groups excluding carboxylic acids is 1. The van der Waals surface area contributed by atoms with Gasteiger partial charge in [0, 0.05) is 30.9 Å². The highest BCUT2D eigenvalue weighted by Gasteiger charge is 2.41. The Kier molecular flexibility index (Phi) is 4.18. The number of hydrogen-bond donors (Lipinski definition) is 1. The van der Waals surface area contributed by atoms with Crippen LogP contribution in [-0.4, -0.2) is 65.8 Å². The first-order chi connectivity index (χ1) is 10.8. The van der Waals surface area contributed by atoms with Gasteiger partial charge < -0.3 is 15.1 Å². The summed E-state index contributed by atoms with van der Waals surface area (Å²) in [6.45, 7) is 4.63. The van der Waals surface area contributed by atoms with Crippen molar-refractivity contribution in [3.8, 4) is 0 Å². The predicted octanol–water partition coefficient (Wildman–Crippen LogP) is 2.02. The molecule has 5 heteroatoms. The average Bonchev–Trinajstić information content (AvgIpc) is 2.91. The van der Waals surface area contributed by atoms with E-state index in [9.17, 15) is 4.79 Å². The number of fused-ring (bicyclic) bond motifs is 1. The summed E-state index contributed by atoms with van der Waals surface area (Å²) in [5.74, 6) is 0. The van der Waals surface area contributed by atoms with Crippen molar-refractivity contribution in [1.82, 2.24) is 15.1 Å². The first-order valence-corrected chi connectivity index (χ1v) is 9.17. The smallest absolute Gasteiger partial charge is 0.317 e. The highest BCUT2D eigenvalue weighted by molar-refractivity contribution is 6.05. The first kappa shape index (κ1) is 14.6. The maximum Gasteiger partial charge on any atom is 0.344 e. The molecule has 0 spiro atoms. The predicted molar refractivity (Wildman–Crippen MR) is 87.4 cm³/mol. The Hall–Kier alpha value is -0.940. The van der Waals surface area contributed by atoms with Crippen molar-refractivity contribution < 1.29 is 4.79 Å². The molecule has 22 heavy (non-hydrogen) atoms. The van der Waals surface area contributed by atoms with E-state index < -0.39 is 0 Å². The van der Waals surface area contributed by atoms with Gasteiger partial charge in [0.25, 0.3) is 0 Å². The zero-order valence-electron chi connectivity index (χ0n) is 13.5. The molecule has 0 radical (unpaired) electrons. The molecule has 2 amide bonds. The maximum atomic E-state index is 12.3. The van der Waals surface area contributed by atoms with Crippen molar-refractivity contribution >= 4 is 11.7 Å². The molecule has 3 aliphatic heterocycles. The molecule has 0 bridgehead atoms. The molecule has 122 valence electrons. The molecular weight excluding hydrogens is 276 g/mol. The Morgan fingerprint density at radius 1 is 0.955 bits per heavy atom. The summed E-state index contributed by atoms with van der Waals surface area (Å²) < 4.78 is 0. The molecule has 1 N–H and O–H groups in total. The Bertz CT molecular complexity index is 450. The fraction of sp³-hybridized carbons (Fsp3) is 0.882. The summed E-state index contributed by atoms with van der Waals surface area (Å²) in [6, 6.07) is 1.59. The van der Waals surface area contributed by atoms with Crippen molar-refractivity contribution in [3.05, 3.63) is 0 Å². The number of amides is 2. The summed E-state index contributed by atoms with van der Waals surface area (Å²) in [4.78, 5) is 21.5. The molecule has 4 rings (SSSR count). The molecule has 2 saturated heterocycles. The van der Waals surface area contributed by atoms with Gasteiger partial charge in [-0.25, -0.2) is 9.79 Å². The largest absolute Gasteiger partial charge is 0.344 e. The SMILES string of the molecule is O=C1N=C2CCCC[C@H]2N1C1CCN(C2CCNCC2)CC1. The van der Waals surface area contributed by atoms with Crippen LogP contribution in [0.15, 0.2) is 4.99 Å². The number of carbonyl (C=O) groups is 1. The third kappa shape index (κ3) is 2.69. The zero-order valence-corrected chi connectivity index (χ0v) is 13.5. The van der Waals surface area contributed by atoms with Crippen molar-refractivity contribution in [2.75, 3.05) is 26.2 Å². The summed E-state index contributed by atoms with van der Waals surface area (Å²) in [6.07, 6.45) is 9.47. The van der Waals surface area contributed by atoms with Gasteiger partial charge in [-0.2, -0.15) is 0 Å². The Labute approximate surface area is 133 Å². The highest BCUT2D eigenvalue weighted by atomic mass is 16.2. The average molecular weight is 304 g/mol. The van der Waals surface area contributed by atoms with E-state index in [4.69, 9.17) is 0 Å². The van der Waals surface area contributed by atoms with Crippen LogP contribution < -0.4 is 5.32 Å². The number of urea groups is 1. The Balaban J connectivity index is 1.36. The van der Waals surface area contributed by atoms with Crippen LogP contribution in [0.2, 0.25) is 0 Å². The normalized spacial score (nSPS) is 32.2. The van der Waals surface area contributed by atoms with Crippen LogP contribution in [0.3, 0.4) is 0 Å². The molecule has 1 aliphatic carbocycles. The quantitative estimate of drug-likeness (QED) is 0.849. The van der Waals surface area contributed by atoms with Crippen molar-refractivity contribution in [2.24, 2.45) is 4.99 Å². The lowest BCUT2D eigenvalue weighted by atomic mass is 9.90. The summed E-state index contributed by atoms with van der Waals surface area (Å²) in [5.41, 5.74) is 1.18. The third-order valence-electron chi connectivity index (χ3n) is 6.06. The minimum atomic E-state index is 0.0576. The van der Waals surface area contributed by atoms with Gasteiger partial charge in [-0.1, -0.05) is 6.42 Å². The lowest BCUT2D eigenvalue weighted by molar-refractivity contribution is 0.0810. The van der Waals surface area contributed by atoms with Gasteiger partial charge in [0.2, 0.25) is 0 Å². The zero-order chi connectivity index (χ0) is 14.9. The topological polar surface area (TPSA) is 47.9 Å². The van der Waals surface area contributed by atoms with Crippen LogP contribution in [0.1, 0.15) is 51.4 Å². The highest BCUT2D eigenvalue weighted by Crippen LogP contribution is 2.32. The van der Waals surface area contributed by atoms with E-state index in [-0.39, 0.29) is 6.03 Å². The molecule has 0 aromatic heterocycles. The van der Waals surface area contributed by atoms with Crippen LogP contribution in [0.4, 0.5) is 4.79 Å². The fourth-order valence-corrected chi connectivity index (χ4v) is 4.83. The third-order valence-corrected chi connectivity index (χ3v) is 6.06. The number of nitrogens with zero attached hydrogens (tertiary/aromatic N) is 3. The standard InChI is InChI=1S/C17H28N4O/c22-17-19-15-3-1-2-4-16(15)21(17)14-7-11-20(12-8-14)13-5-9-18-10-6-13/h13-14,16,18H,1-12H2/t16-/m1/s1. The lowest BCUT2D eigenvalue weighted by Gasteiger charge is -2.43. The fourth-order valence-electron chi connectivity index (χ4n) is 4.83. The summed E-state index contributed by atoms with van der Waals surface area (Å²) >= 11 is 0. The number of aliphatic imine (C=N–C) groups is 1. The second-order valence-electron chi connectivity index (χ2n) is 7.30. The van der Waals surface area contributed by atoms with Gasteiger partial charge in [-0.3, -0.25) is 0 Å². The Morgan fingerprint density at radius 2 is 1.73 bits per heavy atom. The van der Waals surface area contributed by atoms with E-state index in [0.717, 1.165) is 57.9 Å². The molecule has 4 aliphatic rings. The molecule has 3 heterocycles.